The van der Waals surface area contributed by atoms with Crippen molar-refractivity contribution in [3.05, 3.63) is 105 Å². The Labute approximate surface area is 213 Å². The van der Waals surface area contributed by atoms with Crippen LogP contribution >= 0.6 is 0 Å². The molecule has 186 valence electrons. The molecule has 1 aliphatic heterocycles. The molecular weight excluding hydrogens is 470 g/mol. The Balaban J connectivity index is 1.63. The number of aryl methyl sites for hydroxylation is 1. The lowest BCUT2D eigenvalue weighted by atomic mass is 9.88. The molecule has 2 aromatic heterocycles. The molecule has 37 heavy (non-hydrogen) atoms. The van der Waals surface area contributed by atoms with Crippen molar-refractivity contribution in [3.63, 3.8) is 0 Å². The van der Waals surface area contributed by atoms with Gasteiger partial charge in [0.2, 0.25) is 0 Å². The van der Waals surface area contributed by atoms with E-state index in [1.807, 2.05) is 24.4 Å². The zero-order valence-corrected chi connectivity index (χ0v) is 20.7. The topological polar surface area (TPSA) is 44.1 Å². The molecule has 0 saturated carbocycles. The van der Waals surface area contributed by atoms with Crippen LogP contribution in [0.25, 0.3) is 32.9 Å². The van der Waals surface area contributed by atoms with E-state index in [-0.39, 0.29) is 17.7 Å². The van der Waals surface area contributed by atoms with Gasteiger partial charge in [-0.3, -0.25) is 9.78 Å². The third kappa shape index (κ3) is 3.88. The molecule has 3 heterocycles. The Hall–Kier alpha value is -4.06. The second-order valence-corrected chi connectivity index (χ2v) is 9.54. The van der Waals surface area contributed by atoms with Gasteiger partial charge in [-0.05, 0) is 77.6 Å². The van der Waals surface area contributed by atoms with Crippen LogP contribution in [0.3, 0.4) is 0 Å². The Morgan fingerprint density at radius 3 is 2.76 bits per heavy atom. The predicted octanol–water partition coefficient (Wildman–Crippen LogP) is 7.01. The van der Waals surface area contributed by atoms with Crippen LogP contribution in [-0.2, 0) is 19.4 Å². The Morgan fingerprint density at radius 1 is 1.08 bits per heavy atom. The highest BCUT2D eigenvalue weighted by Gasteiger charge is 2.22. The summed E-state index contributed by atoms with van der Waals surface area (Å²) in [5.41, 5.74) is 7.64. The number of ether oxygens (including phenoxy) is 1. The smallest absolute Gasteiger partial charge is 0.263 e. The monoisotopic (exact) mass is 496 g/mol. The van der Waals surface area contributed by atoms with E-state index in [2.05, 4.69) is 26.0 Å². The number of nitrogens with zero attached hydrogens (tertiary/aromatic N) is 2. The highest BCUT2D eigenvalue weighted by Crippen LogP contribution is 2.42. The van der Waals surface area contributed by atoms with Crippen LogP contribution < -0.4 is 10.3 Å². The van der Waals surface area contributed by atoms with Crippen molar-refractivity contribution in [2.75, 3.05) is 6.61 Å². The average molecular weight is 497 g/mol. The molecule has 6 heteroatoms. The normalized spacial score (nSPS) is 12.9. The zero-order chi connectivity index (χ0) is 25.7. The summed E-state index contributed by atoms with van der Waals surface area (Å²) in [6, 6.07) is 17.9. The van der Waals surface area contributed by atoms with Gasteiger partial charge in [0.15, 0.2) is 0 Å². The van der Waals surface area contributed by atoms with Gasteiger partial charge >= 0.3 is 0 Å². The lowest BCUT2D eigenvalue weighted by Crippen LogP contribution is -2.20. The molecule has 0 radical (unpaired) electrons. The summed E-state index contributed by atoms with van der Waals surface area (Å²) in [4.78, 5) is 17.9. The summed E-state index contributed by atoms with van der Waals surface area (Å²) in [7, 11) is 0. The maximum atomic E-state index is 13.3. The molecule has 0 saturated heterocycles. The largest absolute Gasteiger partial charge is 0.493 e. The molecule has 0 N–H and O–H groups in total. The summed E-state index contributed by atoms with van der Waals surface area (Å²) in [6.07, 6.45) is 0.939. The third-order valence-electron chi connectivity index (χ3n) is 7.36. The van der Waals surface area contributed by atoms with E-state index in [0.29, 0.717) is 12.2 Å². The molecular formula is C31H26F2N2O2. The van der Waals surface area contributed by atoms with Crippen molar-refractivity contribution in [3.8, 4) is 16.9 Å². The standard InChI is InChI=1S/C31H26F2N2O2/c1-3-22-18(2)15-25-23(8-10-27(36)35(25)17-19-5-4-6-21(16-19)31(32)33)29(22)24-7-9-26-28-20(12-14-37-26)11-13-34-30(24)28/h4-11,13,15-16,31H,3,12,14,17H2,1-2H3. The summed E-state index contributed by atoms with van der Waals surface area (Å²) >= 11 is 0. The molecule has 6 rings (SSSR count). The average Bonchev–Trinajstić information content (AvgIpc) is 2.90. The van der Waals surface area contributed by atoms with Crippen molar-refractivity contribution in [2.45, 2.75) is 39.7 Å². The van der Waals surface area contributed by atoms with Crippen molar-refractivity contribution in [1.29, 1.82) is 0 Å². The maximum Gasteiger partial charge on any atom is 0.263 e. The number of fused-ring (bicyclic) bond motifs is 1. The highest BCUT2D eigenvalue weighted by molar-refractivity contribution is 6.07. The number of hydrogen-bond acceptors (Lipinski definition) is 3. The summed E-state index contributed by atoms with van der Waals surface area (Å²) in [6.45, 7) is 5.04. The van der Waals surface area contributed by atoms with E-state index < -0.39 is 6.43 Å². The molecule has 3 aromatic carbocycles. The Kier molecular flexibility index (Phi) is 5.75. The first-order valence-corrected chi connectivity index (χ1v) is 12.5. The molecule has 0 bridgehead atoms. The first kappa shape index (κ1) is 23.3. The first-order valence-electron chi connectivity index (χ1n) is 12.5. The molecule has 0 aliphatic carbocycles. The van der Waals surface area contributed by atoms with Crippen LogP contribution in [0.1, 0.15) is 41.2 Å². The lowest BCUT2D eigenvalue weighted by molar-refractivity contribution is 0.151. The van der Waals surface area contributed by atoms with E-state index in [1.54, 1.807) is 22.8 Å². The van der Waals surface area contributed by atoms with Crippen LogP contribution in [0.2, 0.25) is 0 Å². The molecule has 0 fully saturated rings. The fraction of sp³-hybridized carbons (Fsp3) is 0.226. The highest BCUT2D eigenvalue weighted by atomic mass is 19.3. The number of rotatable bonds is 5. The van der Waals surface area contributed by atoms with Crippen LogP contribution in [-0.4, -0.2) is 16.2 Å². The number of hydrogen-bond donors (Lipinski definition) is 0. The molecule has 0 unspecified atom stereocenters. The lowest BCUT2D eigenvalue weighted by Gasteiger charge is -2.22. The van der Waals surface area contributed by atoms with Gasteiger partial charge in [-0.1, -0.05) is 25.1 Å². The molecule has 0 spiro atoms. The molecule has 4 nitrogen and oxygen atoms in total. The van der Waals surface area contributed by atoms with Crippen LogP contribution in [0.15, 0.2) is 71.7 Å². The van der Waals surface area contributed by atoms with E-state index in [4.69, 9.17) is 9.72 Å². The van der Waals surface area contributed by atoms with Gasteiger partial charge in [-0.25, -0.2) is 8.78 Å². The van der Waals surface area contributed by atoms with Crippen molar-refractivity contribution < 1.29 is 13.5 Å². The minimum atomic E-state index is -2.56. The predicted molar refractivity (Wildman–Crippen MR) is 143 cm³/mol. The van der Waals surface area contributed by atoms with E-state index in [1.165, 1.54) is 23.3 Å². The molecule has 0 amide bonds. The molecule has 1 aliphatic rings. The number of benzene rings is 3. The Bertz CT molecular complexity index is 1730. The van der Waals surface area contributed by atoms with E-state index in [0.717, 1.165) is 57.1 Å². The van der Waals surface area contributed by atoms with E-state index >= 15 is 0 Å². The van der Waals surface area contributed by atoms with Crippen LogP contribution in [0, 0.1) is 6.92 Å². The van der Waals surface area contributed by atoms with Crippen molar-refractivity contribution in [1.82, 2.24) is 9.55 Å². The summed E-state index contributed by atoms with van der Waals surface area (Å²) in [5, 5.41) is 1.98. The van der Waals surface area contributed by atoms with Crippen LogP contribution in [0.4, 0.5) is 8.78 Å². The number of aromatic nitrogens is 2. The van der Waals surface area contributed by atoms with Crippen LogP contribution in [0.5, 0.6) is 5.75 Å². The van der Waals surface area contributed by atoms with Gasteiger partial charge < -0.3 is 9.30 Å². The SMILES string of the molecule is CCc1c(C)cc2c(ccc(=O)n2Cc2cccc(C(F)F)c2)c1-c1ccc2c3c(ccnc13)CCO2. The Morgan fingerprint density at radius 2 is 1.95 bits per heavy atom. The number of halogens is 2. The van der Waals surface area contributed by atoms with Gasteiger partial charge in [0.25, 0.3) is 12.0 Å². The van der Waals surface area contributed by atoms with Crippen molar-refractivity contribution >= 4 is 21.8 Å². The minimum absolute atomic E-state index is 0.0481. The molecule has 0 atom stereocenters. The summed E-state index contributed by atoms with van der Waals surface area (Å²) in [5.74, 6) is 0.846. The number of alkyl halides is 2. The minimum Gasteiger partial charge on any atom is -0.493 e. The second-order valence-electron chi connectivity index (χ2n) is 9.54. The van der Waals surface area contributed by atoms with Gasteiger partial charge in [0.05, 0.1) is 24.2 Å². The fourth-order valence-electron chi connectivity index (χ4n) is 5.65. The van der Waals surface area contributed by atoms with Gasteiger partial charge in [-0.15, -0.1) is 0 Å². The fourth-order valence-corrected chi connectivity index (χ4v) is 5.65. The maximum absolute atomic E-state index is 13.3. The molecule has 5 aromatic rings. The zero-order valence-electron chi connectivity index (χ0n) is 20.7. The van der Waals surface area contributed by atoms with Crippen molar-refractivity contribution in [2.24, 2.45) is 0 Å². The second kappa shape index (κ2) is 9.11. The number of pyridine rings is 2. The van der Waals surface area contributed by atoms with Gasteiger partial charge in [-0.2, -0.15) is 0 Å². The summed E-state index contributed by atoms with van der Waals surface area (Å²) < 4.78 is 34.3. The quantitative estimate of drug-likeness (QED) is 0.263. The van der Waals surface area contributed by atoms with E-state index in [9.17, 15) is 13.6 Å². The first-order chi connectivity index (χ1) is 18.0. The van der Waals surface area contributed by atoms with Gasteiger partial charge in [0, 0.05) is 40.6 Å². The van der Waals surface area contributed by atoms with Gasteiger partial charge in [0.1, 0.15) is 5.75 Å². The third-order valence-corrected chi connectivity index (χ3v) is 7.36.